The summed E-state index contributed by atoms with van der Waals surface area (Å²) in [7, 11) is 1.30. The van der Waals surface area contributed by atoms with E-state index in [0.29, 0.717) is 30.3 Å². The SMILES string of the molecule is COC(=O)Nc1ccc2c(c1)NC(=O)CCCCC[C@H](NC(=O)C1CCC(CN)CC1)c1cc-2ccn1. The van der Waals surface area contributed by atoms with Crippen LogP contribution in [0.4, 0.5) is 16.2 Å². The first-order valence-corrected chi connectivity index (χ1v) is 13.2. The number of pyridine rings is 1. The highest BCUT2D eigenvalue weighted by atomic mass is 16.5. The van der Waals surface area contributed by atoms with Gasteiger partial charge in [-0.15, -0.1) is 0 Å². The van der Waals surface area contributed by atoms with Gasteiger partial charge in [0, 0.05) is 29.8 Å². The quantitative estimate of drug-likeness (QED) is 0.471. The number of methoxy groups -OCH3 is 1. The first-order chi connectivity index (χ1) is 18.0. The van der Waals surface area contributed by atoms with Crippen molar-refractivity contribution in [3.63, 3.8) is 0 Å². The molecule has 198 valence electrons. The number of amides is 3. The molecule has 0 saturated heterocycles. The predicted molar refractivity (Wildman–Crippen MR) is 143 cm³/mol. The zero-order valence-corrected chi connectivity index (χ0v) is 21.4. The first kappa shape index (κ1) is 26.6. The van der Waals surface area contributed by atoms with Gasteiger partial charge in [-0.3, -0.25) is 19.9 Å². The summed E-state index contributed by atoms with van der Waals surface area (Å²) < 4.78 is 4.69. The number of ether oxygens (including phenoxy) is 1. The highest BCUT2D eigenvalue weighted by Crippen LogP contribution is 2.34. The minimum absolute atomic E-state index is 0.0128. The normalized spacial score (nSPS) is 22.2. The maximum absolute atomic E-state index is 13.2. The van der Waals surface area contributed by atoms with Crippen LogP contribution in [0.2, 0.25) is 0 Å². The van der Waals surface area contributed by atoms with Crippen molar-refractivity contribution in [2.24, 2.45) is 17.6 Å². The summed E-state index contributed by atoms with van der Waals surface area (Å²) in [6, 6.07) is 9.00. The second-order valence-electron chi connectivity index (χ2n) is 10.0. The number of fused-ring (bicyclic) bond motifs is 4. The number of benzene rings is 1. The van der Waals surface area contributed by atoms with Gasteiger partial charge in [0.1, 0.15) is 0 Å². The van der Waals surface area contributed by atoms with E-state index in [1.165, 1.54) is 7.11 Å². The molecule has 3 amide bonds. The van der Waals surface area contributed by atoms with Gasteiger partial charge in [-0.2, -0.15) is 0 Å². The average Bonchev–Trinajstić information content (AvgIpc) is 2.92. The van der Waals surface area contributed by atoms with Gasteiger partial charge in [-0.1, -0.05) is 18.9 Å². The van der Waals surface area contributed by atoms with E-state index in [1.54, 1.807) is 18.3 Å². The Balaban J connectivity index is 1.61. The Kier molecular flexibility index (Phi) is 9.11. The van der Waals surface area contributed by atoms with Gasteiger partial charge in [-0.25, -0.2) is 4.79 Å². The highest BCUT2D eigenvalue weighted by Gasteiger charge is 2.28. The van der Waals surface area contributed by atoms with E-state index in [1.807, 2.05) is 18.2 Å². The third-order valence-electron chi connectivity index (χ3n) is 7.44. The Hall–Kier alpha value is -3.46. The number of nitrogens with two attached hydrogens (primary N) is 1. The van der Waals surface area contributed by atoms with E-state index in [-0.39, 0.29) is 23.8 Å². The summed E-state index contributed by atoms with van der Waals surface area (Å²) in [5.41, 5.74) is 9.40. The van der Waals surface area contributed by atoms with E-state index in [4.69, 9.17) is 10.5 Å². The van der Waals surface area contributed by atoms with Crippen molar-refractivity contribution in [1.82, 2.24) is 10.3 Å². The Morgan fingerprint density at radius 3 is 2.65 bits per heavy atom. The fourth-order valence-corrected chi connectivity index (χ4v) is 5.22. The summed E-state index contributed by atoms with van der Waals surface area (Å²) in [5, 5.41) is 8.94. The zero-order valence-electron chi connectivity index (χ0n) is 21.4. The average molecular weight is 508 g/mol. The monoisotopic (exact) mass is 507 g/mol. The number of hydrogen-bond donors (Lipinski definition) is 4. The molecule has 1 fully saturated rings. The van der Waals surface area contributed by atoms with Crippen LogP contribution >= 0.6 is 0 Å². The van der Waals surface area contributed by atoms with E-state index in [9.17, 15) is 14.4 Å². The number of carbonyl (C=O) groups excluding carboxylic acids is 3. The second-order valence-corrected chi connectivity index (χ2v) is 10.0. The van der Waals surface area contributed by atoms with Gasteiger partial charge < -0.3 is 21.1 Å². The topological polar surface area (TPSA) is 135 Å². The molecule has 1 saturated carbocycles. The lowest BCUT2D eigenvalue weighted by Crippen LogP contribution is -2.37. The number of aromatic nitrogens is 1. The molecule has 9 heteroatoms. The number of anilines is 2. The predicted octanol–water partition coefficient (Wildman–Crippen LogP) is 4.75. The van der Waals surface area contributed by atoms with Gasteiger partial charge in [0.15, 0.2) is 0 Å². The molecule has 2 heterocycles. The summed E-state index contributed by atoms with van der Waals surface area (Å²) in [6.07, 6.45) is 8.54. The molecule has 4 rings (SSSR count). The van der Waals surface area contributed by atoms with Crippen molar-refractivity contribution in [1.29, 1.82) is 0 Å². The molecule has 1 aliphatic heterocycles. The summed E-state index contributed by atoms with van der Waals surface area (Å²) in [4.78, 5) is 42.2. The molecule has 2 bridgehead atoms. The zero-order chi connectivity index (χ0) is 26.2. The van der Waals surface area contributed by atoms with Crippen LogP contribution in [0.5, 0.6) is 0 Å². The van der Waals surface area contributed by atoms with Gasteiger partial charge in [0.2, 0.25) is 11.8 Å². The molecule has 2 aromatic rings. The van der Waals surface area contributed by atoms with Crippen LogP contribution in [0.25, 0.3) is 11.1 Å². The minimum atomic E-state index is -0.586. The summed E-state index contributed by atoms with van der Waals surface area (Å²) >= 11 is 0. The van der Waals surface area contributed by atoms with Crippen molar-refractivity contribution in [3.8, 4) is 11.1 Å². The first-order valence-electron chi connectivity index (χ1n) is 13.2. The molecule has 9 nitrogen and oxygen atoms in total. The number of nitrogens with zero attached hydrogens (tertiary/aromatic N) is 1. The second kappa shape index (κ2) is 12.7. The molecule has 37 heavy (non-hydrogen) atoms. The van der Waals surface area contributed by atoms with Crippen molar-refractivity contribution in [2.75, 3.05) is 24.3 Å². The fourth-order valence-electron chi connectivity index (χ4n) is 5.22. The third kappa shape index (κ3) is 7.07. The van der Waals surface area contributed by atoms with Gasteiger partial charge in [-0.05, 0) is 80.8 Å². The van der Waals surface area contributed by atoms with Crippen molar-refractivity contribution in [3.05, 3.63) is 42.2 Å². The van der Waals surface area contributed by atoms with Crippen LogP contribution in [0, 0.1) is 11.8 Å². The Morgan fingerprint density at radius 1 is 1.08 bits per heavy atom. The van der Waals surface area contributed by atoms with E-state index >= 15 is 0 Å². The Morgan fingerprint density at radius 2 is 1.89 bits per heavy atom. The molecule has 0 unspecified atom stereocenters. The molecule has 0 spiro atoms. The molecular formula is C28H37N5O4. The molecule has 0 radical (unpaired) electrons. The van der Waals surface area contributed by atoms with Crippen LogP contribution in [0.15, 0.2) is 36.5 Å². The molecular weight excluding hydrogens is 470 g/mol. The fraction of sp³-hybridized carbons (Fsp3) is 0.500. The van der Waals surface area contributed by atoms with Crippen LogP contribution in [-0.4, -0.2) is 36.5 Å². The third-order valence-corrected chi connectivity index (χ3v) is 7.44. The maximum Gasteiger partial charge on any atom is 0.411 e. The Labute approximate surface area is 217 Å². The lowest BCUT2D eigenvalue weighted by Gasteiger charge is -2.28. The van der Waals surface area contributed by atoms with Crippen LogP contribution in [0.1, 0.15) is 69.5 Å². The van der Waals surface area contributed by atoms with Crippen LogP contribution < -0.4 is 21.7 Å². The lowest BCUT2D eigenvalue weighted by molar-refractivity contribution is -0.127. The number of rotatable bonds is 4. The lowest BCUT2D eigenvalue weighted by atomic mass is 9.81. The molecule has 5 N–H and O–H groups in total. The molecule has 1 atom stereocenters. The molecule has 1 aliphatic carbocycles. The van der Waals surface area contributed by atoms with Gasteiger partial charge in [0.25, 0.3) is 0 Å². The number of carbonyl (C=O) groups is 3. The van der Waals surface area contributed by atoms with E-state index in [2.05, 4.69) is 20.9 Å². The number of nitrogens with one attached hydrogen (secondary N) is 3. The van der Waals surface area contributed by atoms with Crippen molar-refractivity contribution >= 4 is 29.3 Å². The van der Waals surface area contributed by atoms with Crippen LogP contribution in [0.3, 0.4) is 0 Å². The van der Waals surface area contributed by atoms with Crippen molar-refractivity contribution in [2.45, 2.75) is 63.8 Å². The van der Waals surface area contributed by atoms with E-state index in [0.717, 1.165) is 68.2 Å². The van der Waals surface area contributed by atoms with Crippen molar-refractivity contribution < 1.29 is 19.1 Å². The Bertz CT molecular complexity index is 1110. The van der Waals surface area contributed by atoms with Crippen LogP contribution in [-0.2, 0) is 14.3 Å². The molecule has 1 aromatic carbocycles. The standard InChI is InChI=1S/C28H37N5O4/c1-37-28(36)31-21-11-12-22-20-13-14-30-25(15-20)23(5-3-2-4-6-26(34)32-24(22)16-21)33-27(35)19-9-7-18(17-29)8-10-19/h11-16,18-19,23H,2-10,17,29H2,1H3,(H,31,36)(H,32,34)(H,33,35)/t18?,19?,23-/m0/s1. The number of hydrogen-bond acceptors (Lipinski definition) is 6. The summed E-state index contributed by atoms with van der Waals surface area (Å²) in [6.45, 7) is 0.687. The minimum Gasteiger partial charge on any atom is -0.453 e. The highest BCUT2D eigenvalue weighted by molar-refractivity contribution is 5.97. The maximum atomic E-state index is 13.2. The summed E-state index contributed by atoms with van der Waals surface area (Å²) in [5.74, 6) is 0.543. The largest absolute Gasteiger partial charge is 0.453 e. The van der Waals surface area contributed by atoms with Gasteiger partial charge in [0.05, 0.1) is 24.5 Å². The molecule has 2 aliphatic rings. The molecule has 1 aromatic heterocycles. The smallest absolute Gasteiger partial charge is 0.411 e. The van der Waals surface area contributed by atoms with Gasteiger partial charge >= 0.3 is 6.09 Å². The van der Waals surface area contributed by atoms with E-state index < -0.39 is 6.09 Å².